The summed E-state index contributed by atoms with van der Waals surface area (Å²) in [5, 5.41) is 18.9. The molecular formula is C23H27F3N4O6S. The van der Waals surface area contributed by atoms with Gasteiger partial charge in [-0.05, 0) is 49.2 Å². The number of ether oxygens (including phenoxy) is 2. The first kappa shape index (κ1) is 29.8. The van der Waals surface area contributed by atoms with Gasteiger partial charge in [-0.1, -0.05) is 29.1 Å². The van der Waals surface area contributed by atoms with Crippen molar-refractivity contribution in [2.24, 2.45) is 0 Å². The number of halogens is 3. The van der Waals surface area contributed by atoms with Gasteiger partial charge < -0.3 is 19.9 Å². The second-order valence-corrected chi connectivity index (χ2v) is 9.01. The molecule has 1 aliphatic rings. The van der Waals surface area contributed by atoms with Crippen LogP contribution in [-0.2, 0) is 20.9 Å². The van der Waals surface area contributed by atoms with E-state index in [1.807, 2.05) is 30.3 Å². The number of rotatable bonds is 7. The lowest BCUT2D eigenvalue weighted by Gasteiger charge is -2.25. The number of hydrogen-bond acceptors (Lipinski definition) is 9. The SMILES string of the molecule is CCOC(=O)c1nnn(Cc2ccc(OC)cc2)c1/C=C1\CNCCC1SC(C)=O.O=C(O)C(F)(F)F. The molecule has 1 aromatic carbocycles. The Morgan fingerprint density at radius 1 is 1.27 bits per heavy atom. The van der Waals surface area contributed by atoms with Crippen LogP contribution in [0.25, 0.3) is 6.08 Å². The maximum Gasteiger partial charge on any atom is 0.490 e. The molecule has 202 valence electrons. The van der Waals surface area contributed by atoms with Crippen LogP contribution in [0, 0.1) is 0 Å². The molecule has 0 saturated carbocycles. The van der Waals surface area contributed by atoms with Gasteiger partial charge in [0.15, 0.2) is 10.8 Å². The summed E-state index contributed by atoms with van der Waals surface area (Å²) >= 11 is 1.32. The molecule has 0 radical (unpaired) electrons. The van der Waals surface area contributed by atoms with Crippen molar-refractivity contribution in [1.29, 1.82) is 0 Å². The predicted octanol–water partition coefficient (Wildman–Crippen LogP) is 3.17. The van der Waals surface area contributed by atoms with Crippen molar-refractivity contribution in [3.8, 4) is 5.75 Å². The van der Waals surface area contributed by atoms with Crippen LogP contribution in [0.3, 0.4) is 0 Å². The largest absolute Gasteiger partial charge is 0.497 e. The summed E-state index contributed by atoms with van der Waals surface area (Å²) in [6.07, 6.45) is -2.33. The third-order valence-electron chi connectivity index (χ3n) is 4.93. The van der Waals surface area contributed by atoms with E-state index in [1.165, 1.54) is 11.8 Å². The van der Waals surface area contributed by atoms with Crippen LogP contribution in [-0.4, -0.2) is 75.4 Å². The van der Waals surface area contributed by atoms with E-state index >= 15 is 0 Å². The number of thioether (sulfide) groups is 1. The number of benzene rings is 1. The molecular weight excluding hydrogens is 517 g/mol. The van der Waals surface area contributed by atoms with Crippen molar-refractivity contribution in [3.63, 3.8) is 0 Å². The monoisotopic (exact) mass is 544 g/mol. The fraction of sp³-hybridized carbons (Fsp3) is 0.435. The maximum atomic E-state index is 12.5. The number of carboxylic acid groups (broad SMARTS) is 1. The topological polar surface area (TPSA) is 133 Å². The minimum Gasteiger partial charge on any atom is -0.497 e. The van der Waals surface area contributed by atoms with Gasteiger partial charge in [0.2, 0.25) is 0 Å². The number of carboxylic acids is 1. The molecule has 0 amide bonds. The summed E-state index contributed by atoms with van der Waals surface area (Å²) in [5.74, 6) is -2.50. The van der Waals surface area contributed by atoms with Gasteiger partial charge in [-0.3, -0.25) is 4.79 Å². The highest BCUT2D eigenvalue weighted by Gasteiger charge is 2.38. The van der Waals surface area contributed by atoms with Crippen molar-refractivity contribution in [2.45, 2.75) is 38.2 Å². The van der Waals surface area contributed by atoms with Gasteiger partial charge in [0, 0.05) is 18.7 Å². The lowest BCUT2D eigenvalue weighted by molar-refractivity contribution is -0.192. The highest BCUT2D eigenvalue weighted by atomic mass is 32.2. The summed E-state index contributed by atoms with van der Waals surface area (Å²) in [7, 11) is 1.62. The summed E-state index contributed by atoms with van der Waals surface area (Å²) in [5.41, 5.74) is 2.78. The number of hydrogen-bond donors (Lipinski definition) is 2. The van der Waals surface area contributed by atoms with Gasteiger partial charge in [0.1, 0.15) is 5.75 Å². The molecule has 0 bridgehead atoms. The number of piperidine rings is 1. The van der Waals surface area contributed by atoms with E-state index in [0.717, 1.165) is 29.9 Å². The Kier molecular flexibility index (Phi) is 11.1. The van der Waals surface area contributed by atoms with Crippen LogP contribution < -0.4 is 10.1 Å². The smallest absolute Gasteiger partial charge is 0.490 e. The first-order valence-corrected chi connectivity index (χ1v) is 12.0. The molecule has 1 aromatic heterocycles. The minimum absolute atomic E-state index is 0.0585. The van der Waals surface area contributed by atoms with Crippen molar-refractivity contribution < 1.29 is 42.1 Å². The molecule has 37 heavy (non-hydrogen) atoms. The number of esters is 1. The lowest BCUT2D eigenvalue weighted by atomic mass is 10.0. The summed E-state index contributed by atoms with van der Waals surface area (Å²) in [6.45, 7) is 5.50. The van der Waals surface area contributed by atoms with Crippen LogP contribution in [0.4, 0.5) is 13.2 Å². The third kappa shape index (κ3) is 9.21. The zero-order valence-corrected chi connectivity index (χ0v) is 21.2. The van der Waals surface area contributed by atoms with E-state index in [4.69, 9.17) is 19.4 Å². The second-order valence-electron chi connectivity index (χ2n) is 7.64. The maximum absolute atomic E-state index is 12.5. The Morgan fingerprint density at radius 2 is 1.92 bits per heavy atom. The van der Waals surface area contributed by atoms with Crippen LogP contribution in [0.2, 0.25) is 0 Å². The molecule has 3 rings (SSSR count). The molecule has 1 saturated heterocycles. The fourth-order valence-corrected chi connectivity index (χ4v) is 4.19. The van der Waals surface area contributed by atoms with E-state index < -0.39 is 18.1 Å². The van der Waals surface area contributed by atoms with Crippen LogP contribution >= 0.6 is 11.8 Å². The molecule has 1 fully saturated rings. The van der Waals surface area contributed by atoms with Crippen LogP contribution in [0.15, 0.2) is 29.8 Å². The Hall–Kier alpha value is -3.39. The van der Waals surface area contributed by atoms with Crippen molar-refractivity contribution in [3.05, 3.63) is 46.8 Å². The second kappa shape index (κ2) is 13.8. The number of carbonyl (C=O) groups is 3. The minimum atomic E-state index is -5.08. The lowest BCUT2D eigenvalue weighted by Crippen LogP contribution is -2.32. The van der Waals surface area contributed by atoms with Crippen LogP contribution in [0.1, 0.15) is 42.0 Å². The number of alkyl halides is 3. The van der Waals surface area contributed by atoms with Crippen molar-refractivity contribution in [2.75, 3.05) is 26.8 Å². The van der Waals surface area contributed by atoms with Gasteiger partial charge in [0.25, 0.3) is 0 Å². The Bertz CT molecular complexity index is 1120. The summed E-state index contributed by atoms with van der Waals surface area (Å²) in [4.78, 5) is 33.0. The first-order chi connectivity index (χ1) is 17.5. The van der Waals surface area contributed by atoms with E-state index in [-0.39, 0.29) is 22.7 Å². The van der Waals surface area contributed by atoms with E-state index in [1.54, 1.807) is 25.6 Å². The van der Waals surface area contributed by atoms with Gasteiger partial charge >= 0.3 is 18.1 Å². The standard InChI is InChI=1S/C21H26N4O4S.C2HF3O2/c1-4-29-21(27)20-18(11-16-12-22-10-9-19(16)30-14(2)26)25(24-23-20)13-15-5-7-17(28-3)8-6-15;3-2(4,5)1(6)7/h5-8,11,19,22H,4,9-10,12-13H2,1-3H3;(H,6,7)/b16-11+;. The normalized spacial score (nSPS) is 16.5. The molecule has 0 aliphatic carbocycles. The average molecular weight is 545 g/mol. The number of nitrogens with zero attached hydrogens (tertiary/aromatic N) is 3. The van der Waals surface area contributed by atoms with Gasteiger partial charge in [-0.15, -0.1) is 5.10 Å². The molecule has 1 atom stereocenters. The molecule has 2 N–H and O–H groups in total. The first-order valence-electron chi connectivity index (χ1n) is 11.1. The number of aliphatic carboxylic acids is 1. The number of carbonyl (C=O) groups excluding carboxylic acids is 2. The summed E-state index contributed by atoms with van der Waals surface area (Å²) < 4.78 is 43.8. The average Bonchev–Trinajstić information content (AvgIpc) is 3.22. The molecule has 2 heterocycles. The fourth-order valence-electron chi connectivity index (χ4n) is 3.25. The molecule has 1 aliphatic heterocycles. The van der Waals surface area contributed by atoms with Gasteiger partial charge in [-0.2, -0.15) is 13.2 Å². The Labute approximate surface area is 215 Å². The predicted molar refractivity (Wildman–Crippen MR) is 129 cm³/mol. The Morgan fingerprint density at radius 3 is 2.46 bits per heavy atom. The third-order valence-corrected chi connectivity index (χ3v) is 6.09. The molecule has 14 heteroatoms. The molecule has 2 aromatic rings. The summed E-state index contributed by atoms with van der Waals surface area (Å²) in [6, 6.07) is 7.64. The van der Waals surface area contributed by atoms with Crippen molar-refractivity contribution >= 4 is 34.9 Å². The van der Waals surface area contributed by atoms with E-state index in [9.17, 15) is 22.8 Å². The number of nitrogens with one attached hydrogen (secondary N) is 1. The highest BCUT2D eigenvalue weighted by molar-refractivity contribution is 8.14. The molecule has 10 nitrogen and oxygen atoms in total. The zero-order chi connectivity index (χ0) is 27.6. The highest BCUT2D eigenvalue weighted by Crippen LogP contribution is 2.28. The zero-order valence-electron chi connectivity index (χ0n) is 20.4. The number of aromatic nitrogens is 3. The van der Waals surface area contributed by atoms with E-state index in [2.05, 4.69) is 15.6 Å². The number of methoxy groups -OCH3 is 1. The quantitative estimate of drug-likeness (QED) is 0.501. The molecule has 0 spiro atoms. The van der Waals surface area contributed by atoms with Gasteiger partial charge in [0.05, 0.1) is 26.0 Å². The van der Waals surface area contributed by atoms with Crippen LogP contribution in [0.5, 0.6) is 5.75 Å². The van der Waals surface area contributed by atoms with Crippen molar-refractivity contribution in [1.82, 2.24) is 20.3 Å². The Balaban J connectivity index is 0.000000604. The van der Waals surface area contributed by atoms with E-state index in [0.29, 0.717) is 18.8 Å². The van der Waals surface area contributed by atoms with Gasteiger partial charge in [-0.25, -0.2) is 14.3 Å². The molecule has 1 unspecified atom stereocenters.